The van der Waals surface area contributed by atoms with E-state index in [4.69, 9.17) is 5.73 Å². The van der Waals surface area contributed by atoms with Crippen LogP contribution in [0.3, 0.4) is 0 Å². The highest BCUT2D eigenvalue weighted by Crippen LogP contribution is 2.61. The Labute approximate surface area is 109 Å². The lowest BCUT2D eigenvalue weighted by Gasteiger charge is -2.59. The third-order valence-corrected chi connectivity index (χ3v) is 5.59. The van der Waals surface area contributed by atoms with E-state index in [9.17, 15) is 4.79 Å². The molecule has 18 heavy (non-hydrogen) atoms. The number of hydrogen-bond acceptors (Lipinski definition) is 2. The van der Waals surface area contributed by atoms with Crippen molar-refractivity contribution >= 4 is 6.03 Å². The predicted molar refractivity (Wildman–Crippen MR) is 71.0 cm³/mol. The summed E-state index contributed by atoms with van der Waals surface area (Å²) in [4.78, 5) is 11.6. The van der Waals surface area contributed by atoms with E-state index >= 15 is 0 Å². The van der Waals surface area contributed by atoms with Crippen LogP contribution < -0.4 is 16.4 Å². The van der Waals surface area contributed by atoms with E-state index < -0.39 is 0 Å². The molecule has 4 saturated carbocycles. The summed E-state index contributed by atoms with van der Waals surface area (Å²) in [6.45, 7) is 0.569. The minimum Gasteiger partial charge on any atom is -0.341 e. The van der Waals surface area contributed by atoms with Crippen LogP contribution in [0.2, 0.25) is 0 Å². The van der Waals surface area contributed by atoms with Crippen molar-refractivity contribution in [2.45, 2.75) is 44.6 Å². The normalized spacial score (nSPS) is 42.7. The minimum absolute atomic E-state index is 0.0822. The third kappa shape index (κ3) is 1.91. The van der Waals surface area contributed by atoms with E-state index in [1.165, 1.54) is 38.5 Å². The first-order valence-electron chi connectivity index (χ1n) is 7.33. The van der Waals surface area contributed by atoms with Gasteiger partial charge in [-0.05, 0) is 61.7 Å². The van der Waals surface area contributed by atoms with E-state index in [0.717, 1.165) is 17.8 Å². The summed E-state index contributed by atoms with van der Waals surface area (Å²) in [7, 11) is 1.67. The molecule has 4 rings (SSSR count). The summed E-state index contributed by atoms with van der Waals surface area (Å²) in [5.41, 5.74) is 6.26. The fourth-order valence-electron chi connectivity index (χ4n) is 5.30. The molecule has 0 aliphatic heterocycles. The molecule has 4 fully saturated rings. The second kappa shape index (κ2) is 4.41. The molecule has 1 unspecified atom stereocenters. The molecule has 4 aliphatic rings. The molecule has 102 valence electrons. The van der Waals surface area contributed by atoms with Crippen molar-refractivity contribution in [1.29, 1.82) is 0 Å². The Balaban J connectivity index is 1.78. The van der Waals surface area contributed by atoms with Crippen LogP contribution in [0.1, 0.15) is 38.5 Å². The van der Waals surface area contributed by atoms with Gasteiger partial charge in [-0.3, -0.25) is 0 Å². The zero-order valence-corrected chi connectivity index (χ0v) is 11.2. The maximum absolute atomic E-state index is 11.6. The predicted octanol–water partition coefficient (Wildman–Crippen LogP) is 1.46. The van der Waals surface area contributed by atoms with Crippen LogP contribution in [0.5, 0.6) is 0 Å². The molecule has 4 nitrogen and oxygen atoms in total. The molecule has 0 aromatic carbocycles. The summed E-state index contributed by atoms with van der Waals surface area (Å²) < 4.78 is 0. The van der Waals surface area contributed by atoms with E-state index in [-0.39, 0.29) is 12.1 Å². The second-order valence-electron chi connectivity index (χ2n) is 6.79. The van der Waals surface area contributed by atoms with Crippen LogP contribution in [-0.2, 0) is 0 Å². The van der Waals surface area contributed by atoms with Crippen LogP contribution in [0.25, 0.3) is 0 Å². The fraction of sp³-hybridized carbons (Fsp3) is 0.929. The zero-order valence-electron chi connectivity index (χ0n) is 11.2. The first-order chi connectivity index (χ1) is 8.65. The number of nitrogens with two attached hydrogens (primary N) is 1. The largest absolute Gasteiger partial charge is 0.341 e. The average molecular weight is 251 g/mol. The molecule has 4 bridgehead atoms. The molecule has 0 aromatic rings. The second-order valence-corrected chi connectivity index (χ2v) is 6.79. The molecule has 2 amide bonds. The smallest absolute Gasteiger partial charge is 0.314 e. The lowest BCUT2D eigenvalue weighted by molar-refractivity contribution is -0.0697. The quantitative estimate of drug-likeness (QED) is 0.711. The van der Waals surface area contributed by atoms with Crippen molar-refractivity contribution in [3.05, 3.63) is 0 Å². The molecule has 1 atom stereocenters. The Hall–Kier alpha value is -0.770. The number of rotatable bonds is 3. The summed E-state index contributed by atoms with van der Waals surface area (Å²) >= 11 is 0. The number of nitrogens with one attached hydrogen (secondary N) is 2. The molecule has 4 aliphatic carbocycles. The highest BCUT2D eigenvalue weighted by atomic mass is 16.2. The molecule has 4 heteroatoms. The maximum atomic E-state index is 11.6. The number of urea groups is 1. The van der Waals surface area contributed by atoms with Gasteiger partial charge in [-0.15, -0.1) is 0 Å². The van der Waals surface area contributed by atoms with Gasteiger partial charge < -0.3 is 16.4 Å². The summed E-state index contributed by atoms with van der Waals surface area (Å²) in [6.07, 6.45) is 8.13. The summed E-state index contributed by atoms with van der Waals surface area (Å²) in [5.74, 6) is 2.70. The summed E-state index contributed by atoms with van der Waals surface area (Å²) in [6, 6.07) is 0.0760. The monoisotopic (exact) mass is 251 g/mol. The van der Waals surface area contributed by atoms with Crippen molar-refractivity contribution in [3.63, 3.8) is 0 Å². The number of hydrogen-bond donors (Lipinski definition) is 3. The van der Waals surface area contributed by atoms with Gasteiger partial charge in [-0.25, -0.2) is 4.79 Å². The van der Waals surface area contributed by atoms with Crippen LogP contribution in [-0.4, -0.2) is 25.7 Å². The van der Waals surface area contributed by atoms with Crippen LogP contribution in [0.4, 0.5) is 4.79 Å². The van der Waals surface area contributed by atoms with Gasteiger partial charge in [-0.1, -0.05) is 0 Å². The first-order valence-corrected chi connectivity index (χ1v) is 7.33. The van der Waals surface area contributed by atoms with E-state index in [1.54, 1.807) is 7.05 Å². The number of amides is 2. The molecule has 0 saturated heterocycles. The van der Waals surface area contributed by atoms with Crippen LogP contribution in [0, 0.1) is 23.2 Å². The molecular weight excluding hydrogens is 226 g/mol. The molecule has 0 spiro atoms. The van der Waals surface area contributed by atoms with Gasteiger partial charge in [-0.2, -0.15) is 0 Å². The maximum Gasteiger partial charge on any atom is 0.314 e. The Bertz CT molecular complexity index is 307. The lowest BCUT2D eigenvalue weighted by Crippen LogP contribution is -2.60. The first kappa shape index (κ1) is 12.3. The van der Waals surface area contributed by atoms with Crippen molar-refractivity contribution in [2.75, 3.05) is 13.6 Å². The molecule has 0 heterocycles. The Kier molecular flexibility index (Phi) is 3.00. The highest BCUT2D eigenvalue weighted by molar-refractivity contribution is 5.73. The van der Waals surface area contributed by atoms with Crippen LogP contribution >= 0.6 is 0 Å². The zero-order chi connectivity index (χ0) is 12.8. The highest BCUT2D eigenvalue weighted by Gasteiger charge is 2.54. The fourth-order valence-corrected chi connectivity index (χ4v) is 5.30. The van der Waals surface area contributed by atoms with Gasteiger partial charge in [0.1, 0.15) is 0 Å². The van der Waals surface area contributed by atoms with E-state index in [2.05, 4.69) is 10.6 Å². The third-order valence-electron chi connectivity index (χ3n) is 5.59. The van der Waals surface area contributed by atoms with Gasteiger partial charge in [0.2, 0.25) is 0 Å². The molecular formula is C14H25N3O. The lowest BCUT2D eigenvalue weighted by atomic mass is 9.47. The van der Waals surface area contributed by atoms with Crippen molar-refractivity contribution < 1.29 is 4.79 Å². The van der Waals surface area contributed by atoms with Gasteiger partial charge in [0.25, 0.3) is 0 Å². The van der Waals surface area contributed by atoms with E-state index in [0.29, 0.717) is 12.0 Å². The van der Waals surface area contributed by atoms with Crippen molar-refractivity contribution in [3.8, 4) is 0 Å². The van der Waals surface area contributed by atoms with Crippen LogP contribution in [0.15, 0.2) is 0 Å². The SMILES string of the molecule is CNC(=O)NC(CN)C12CC3CC(CC(C3)C1)C2. The molecule has 4 N–H and O–H groups in total. The topological polar surface area (TPSA) is 67.2 Å². The van der Waals surface area contributed by atoms with Gasteiger partial charge in [0.05, 0.1) is 0 Å². The van der Waals surface area contributed by atoms with Gasteiger partial charge >= 0.3 is 6.03 Å². The van der Waals surface area contributed by atoms with Crippen molar-refractivity contribution in [1.82, 2.24) is 10.6 Å². The Morgan fingerprint density at radius 2 is 1.72 bits per heavy atom. The Morgan fingerprint density at radius 1 is 1.22 bits per heavy atom. The Morgan fingerprint density at radius 3 is 2.11 bits per heavy atom. The van der Waals surface area contributed by atoms with Gasteiger partial charge in [0.15, 0.2) is 0 Å². The average Bonchev–Trinajstić information content (AvgIpc) is 2.33. The minimum atomic E-state index is -0.0822. The summed E-state index contributed by atoms with van der Waals surface area (Å²) in [5, 5.41) is 5.75. The van der Waals surface area contributed by atoms with Crippen molar-refractivity contribution in [2.24, 2.45) is 28.9 Å². The van der Waals surface area contributed by atoms with Gasteiger partial charge in [0, 0.05) is 19.6 Å². The molecule has 0 radical (unpaired) electrons. The number of carbonyl (C=O) groups is 1. The standard InChI is InChI=1S/C14H25N3O/c1-16-13(18)17-12(8-15)14-5-9-2-10(6-14)4-11(3-9)7-14/h9-12H,2-8,15H2,1H3,(H2,16,17,18). The van der Waals surface area contributed by atoms with E-state index in [1.807, 2.05) is 0 Å². The number of carbonyl (C=O) groups excluding carboxylic acids is 1. The molecule has 0 aromatic heterocycles.